The molecule has 100 heavy (non-hydrogen) atoms. The standard InChI is InChI=1S/C32H44O2.C31H42O2.C30H40OS2/c1-4-5-6-7-8-11-26-13-17-28(18-14-26)29-21-23-31(24-22-29)34-32(33)30-19-15-27(16-20-30)12-9-10-25(2)3;1-3-5-7-8-10-12-26-13-17-27(18-14-26)28-21-23-30(24-22-28)33-31(32)29-19-15-25(16-20-29)11-9-6-4-2;1-3-5-7-9-23-32-28-19-15-25(16-20-28)26-17-21-29(22-18-26)33-30(31)27-13-11-24(12-14-27)10-8-6-4-2/h13-15,17-19,21-25,27,30H,4-12,16,20H2,1-3H3;13-14,17-19,21-25H,3-12,15-16,20H2,1-2H3;11,13,15-22,24,27H,3-10,12,14,23H2,1-2H3. The molecule has 0 N–H and O–H groups in total. The fourth-order valence-corrected chi connectivity index (χ4v) is 15.6. The van der Waals surface area contributed by atoms with Crippen LogP contribution < -0.4 is 9.47 Å². The Morgan fingerprint density at radius 1 is 0.410 bits per heavy atom. The van der Waals surface area contributed by atoms with Crippen LogP contribution in [0.4, 0.5) is 0 Å². The van der Waals surface area contributed by atoms with Gasteiger partial charge in [0.1, 0.15) is 11.5 Å². The second kappa shape index (κ2) is 47.9. The van der Waals surface area contributed by atoms with Gasteiger partial charge in [0.05, 0.1) is 5.92 Å². The van der Waals surface area contributed by atoms with Crippen LogP contribution in [-0.2, 0) is 27.2 Å². The summed E-state index contributed by atoms with van der Waals surface area (Å²) in [6.07, 6.45) is 52.9. The van der Waals surface area contributed by atoms with Gasteiger partial charge in [-0.1, -0.05) is 316 Å². The van der Waals surface area contributed by atoms with Crippen molar-refractivity contribution in [2.75, 3.05) is 5.75 Å². The summed E-state index contributed by atoms with van der Waals surface area (Å²) in [5.74, 6) is 4.90. The third-order valence-electron chi connectivity index (χ3n) is 20.4. The number of hydrogen-bond donors (Lipinski definition) is 0. The van der Waals surface area contributed by atoms with E-state index in [0.29, 0.717) is 23.3 Å². The van der Waals surface area contributed by atoms with Gasteiger partial charge in [-0.2, -0.15) is 0 Å². The zero-order chi connectivity index (χ0) is 70.8. The molecule has 0 saturated carbocycles. The highest BCUT2D eigenvalue weighted by Crippen LogP contribution is 2.36. The maximum atomic E-state index is 12.8. The Bertz CT molecular complexity index is 3300. The minimum atomic E-state index is -0.182. The number of ether oxygens (including phenoxy) is 2. The number of thioether (sulfide) groups is 2. The van der Waals surface area contributed by atoms with Gasteiger partial charge in [0, 0.05) is 21.3 Å². The monoisotopic (exact) mass is 1390 g/mol. The summed E-state index contributed by atoms with van der Waals surface area (Å²) in [6.45, 7) is 15.8. The van der Waals surface area contributed by atoms with E-state index in [4.69, 9.17) is 9.47 Å². The van der Waals surface area contributed by atoms with Crippen molar-refractivity contribution >= 4 is 40.6 Å². The van der Waals surface area contributed by atoms with E-state index in [-0.39, 0.29) is 28.9 Å². The zero-order valence-electron chi connectivity index (χ0n) is 62.8. The van der Waals surface area contributed by atoms with Crippen LogP contribution in [0.25, 0.3) is 33.4 Å². The van der Waals surface area contributed by atoms with Crippen molar-refractivity contribution in [1.29, 1.82) is 0 Å². The number of unbranched alkanes of at least 4 members (excludes halogenated alkanes) is 15. The smallest absolute Gasteiger partial charge is 0.339 e. The van der Waals surface area contributed by atoms with Crippen molar-refractivity contribution in [1.82, 2.24) is 0 Å². The lowest BCUT2D eigenvalue weighted by atomic mass is 9.85. The molecule has 3 aliphatic carbocycles. The van der Waals surface area contributed by atoms with Gasteiger partial charge in [-0.25, -0.2) is 4.79 Å². The molecule has 0 saturated heterocycles. The molecule has 0 fully saturated rings. The maximum absolute atomic E-state index is 12.8. The lowest BCUT2D eigenvalue weighted by Crippen LogP contribution is -2.22. The summed E-state index contributed by atoms with van der Waals surface area (Å²) in [4.78, 5) is 40.4. The van der Waals surface area contributed by atoms with Crippen LogP contribution in [-0.4, -0.2) is 22.8 Å². The van der Waals surface area contributed by atoms with Crippen molar-refractivity contribution in [3.05, 3.63) is 193 Å². The van der Waals surface area contributed by atoms with Crippen LogP contribution in [0.2, 0.25) is 0 Å². The minimum Gasteiger partial charge on any atom is -0.426 e. The van der Waals surface area contributed by atoms with Crippen LogP contribution in [0, 0.1) is 35.5 Å². The van der Waals surface area contributed by atoms with E-state index < -0.39 is 0 Å². The molecular weight excluding hydrogens is 1260 g/mol. The highest BCUT2D eigenvalue weighted by atomic mass is 32.2. The van der Waals surface area contributed by atoms with Gasteiger partial charge < -0.3 is 9.47 Å². The lowest BCUT2D eigenvalue weighted by Gasteiger charge is -2.22. The van der Waals surface area contributed by atoms with Crippen molar-refractivity contribution in [3.63, 3.8) is 0 Å². The minimum absolute atomic E-state index is 0.0733. The molecule has 6 aromatic rings. The molecule has 0 radical (unpaired) electrons. The fourth-order valence-electron chi connectivity index (χ4n) is 13.9. The van der Waals surface area contributed by atoms with E-state index in [1.54, 1.807) is 0 Å². The summed E-state index contributed by atoms with van der Waals surface area (Å²) in [6, 6.07) is 51.0. The Hall–Kier alpha value is -6.15. The van der Waals surface area contributed by atoms with Crippen LogP contribution in [0.5, 0.6) is 11.5 Å². The fraction of sp³-hybridized carbons (Fsp3) is 0.516. The Kier molecular flexibility index (Phi) is 38.9. The van der Waals surface area contributed by atoms with Gasteiger partial charge in [0.25, 0.3) is 0 Å². The molecule has 5 unspecified atom stereocenters. The summed E-state index contributed by atoms with van der Waals surface area (Å²) in [7, 11) is 0. The van der Waals surface area contributed by atoms with Gasteiger partial charge in [0.15, 0.2) is 0 Å². The largest absolute Gasteiger partial charge is 0.426 e. The molecule has 540 valence electrons. The second-order valence-corrected chi connectivity index (χ2v) is 31.6. The molecule has 0 aliphatic heterocycles. The van der Waals surface area contributed by atoms with E-state index >= 15 is 0 Å². The molecule has 0 aromatic heterocycles. The van der Waals surface area contributed by atoms with Gasteiger partial charge in [-0.15, -0.1) is 11.8 Å². The molecule has 0 amide bonds. The quantitative estimate of drug-likeness (QED) is 0.0125. The Balaban J connectivity index is 0.000000211. The van der Waals surface area contributed by atoms with Crippen molar-refractivity contribution in [2.24, 2.45) is 35.5 Å². The zero-order valence-corrected chi connectivity index (χ0v) is 64.4. The molecule has 6 aromatic carbocycles. The van der Waals surface area contributed by atoms with E-state index in [0.717, 1.165) is 91.2 Å². The van der Waals surface area contributed by atoms with E-state index in [1.807, 2.05) is 60.3 Å². The first-order valence-electron chi connectivity index (χ1n) is 39.9. The van der Waals surface area contributed by atoms with Gasteiger partial charge in [0.2, 0.25) is 5.12 Å². The molecule has 5 nitrogen and oxygen atoms in total. The van der Waals surface area contributed by atoms with E-state index in [2.05, 4.69) is 176 Å². The Morgan fingerprint density at radius 2 is 0.830 bits per heavy atom. The molecule has 5 atom stereocenters. The third kappa shape index (κ3) is 30.8. The lowest BCUT2D eigenvalue weighted by molar-refractivity contribution is -0.137. The molecule has 9 rings (SSSR count). The third-order valence-corrected chi connectivity index (χ3v) is 22.6. The molecule has 3 aliphatic rings. The normalized spacial score (nSPS) is 17.2. The van der Waals surface area contributed by atoms with Crippen LogP contribution >= 0.6 is 23.5 Å². The molecule has 0 heterocycles. The summed E-state index contributed by atoms with van der Waals surface area (Å²) in [5.41, 5.74) is 10.8. The van der Waals surface area contributed by atoms with E-state index in [9.17, 15) is 14.4 Å². The first-order chi connectivity index (χ1) is 48.9. The van der Waals surface area contributed by atoms with Crippen molar-refractivity contribution in [3.8, 4) is 44.9 Å². The predicted octanol–water partition coefficient (Wildman–Crippen LogP) is 28.1. The maximum Gasteiger partial charge on any atom is 0.339 e. The summed E-state index contributed by atoms with van der Waals surface area (Å²) < 4.78 is 11.4. The number of aryl methyl sites for hydroxylation is 2. The van der Waals surface area contributed by atoms with E-state index in [1.165, 1.54) is 216 Å². The highest BCUT2D eigenvalue weighted by molar-refractivity contribution is 8.13. The van der Waals surface area contributed by atoms with Crippen molar-refractivity contribution < 1.29 is 23.9 Å². The number of allylic oxidation sites excluding steroid dienone is 4. The summed E-state index contributed by atoms with van der Waals surface area (Å²) >= 11 is 3.36. The first kappa shape index (κ1) is 81.2. The summed E-state index contributed by atoms with van der Waals surface area (Å²) in [5, 5.41) is 0.284. The van der Waals surface area contributed by atoms with Gasteiger partial charge in [-0.3, -0.25) is 9.59 Å². The number of carbonyl (C=O) groups is 3. The number of hydrogen-bond acceptors (Lipinski definition) is 7. The topological polar surface area (TPSA) is 69.7 Å². The number of carbonyl (C=O) groups excluding carboxylic acids is 3. The molecule has 7 heteroatoms. The number of esters is 2. The van der Waals surface area contributed by atoms with Gasteiger partial charge in [-0.05, 0) is 212 Å². The number of rotatable bonds is 39. The van der Waals surface area contributed by atoms with Crippen LogP contribution in [0.1, 0.15) is 265 Å². The Labute approximate surface area is 615 Å². The first-order valence-corrected chi connectivity index (χ1v) is 41.7. The van der Waals surface area contributed by atoms with Crippen molar-refractivity contribution in [2.45, 2.75) is 277 Å². The van der Waals surface area contributed by atoms with Crippen LogP contribution in [0.3, 0.4) is 0 Å². The van der Waals surface area contributed by atoms with Gasteiger partial charge >= 0.3 is 11.9 Å². The highest BCUT2D eigenvalue weighted by Gasteiger charge is 2.25. The molecule has 0 spiro atoms. The molecular formula is C93H126O5S2. The van der Waals surface area contributed by atoms with Crippen LogP contribution in [0.15, 0.2) is 191 Å². The second-order valence-electron chi connectivity index (χ2n) is 29.3. The average molecular weight is 1390 g/mol. The Morgan fingerprint density at radius 3 is 1.29 bits per heavy atom. The SMILES string of the molecule is CCCCCCCc1ccc(-c2ccc(OC(=O)C3=CCC(CCCCC)CC3)cc2)cc1.CCCCCCCc1ccc(-c2ccc(OC(=O)C3C=CC(CCCC(C)C)CC3)cc2)cc1.CCCCCCSc1ccc(-c2ccc(SC(=O)C3C=CC(CCCCC)CC3)cc2)cc1. The molecule has 0 bridgehead atoms. The average Bonchev–Trinajstić information content (AvgIpc) is 0.908. The predicted molar refractivity (Wildman–Crippen MR) is 431 cm³/mol. The number of benzene rings is 6.